The summed E-state index contributed by atoms with van der Waals surface area (Å²) in [6.07, 6.45) is 5.21. The third-order valence-corrected chi connectivity index (χ3v) is 8.81. The molecule has 3 amide bonds. The third-order valence-electron chi connectivity index (χ3n) is 8.81. The van der Waals surface area contributed by atoms with Crippen molar-refractivity contribution in [3.8, 4) is 0 Å². The van der Waals surface area contributed by atoms with E-state index in [4.69, 9.17) is 4.74 Å². The van der Waals surface area contributed by atoms with Crippen LogP contribution in [0.4, 0.5) is 4.39 Å². The fourth-order valence-corrected chi connectivity index (χ4v) is 6.61. The molecule has 1 aromatic rings. The normalized spacial score (nSPS) is 33.9. The predicted octanol–water partition coefficient (Wildman–Crippen LogP) is 1.87. The van der Waals surface area contributed by atoms with Crippen LogP contribution in [-0.2, 0) is 20.9 Å². The minimum atomic E-state index is -0.954. The second-order valence-corrected chi connectivity index (χ2v) is 11.1. The highest BCUT2D eigenvalue weighted by Crippen LogP contribution is 2.38. The number of fused-ring (bicyclic) bond motifs is 1. The van der Waals surface area contributed by atoms with Crippen molar-refractivity contribution >= 4 is 17.7 Å². The first kappa shape index (κ1) is 24.0. The van der Waals surface area contributed by atoms with Gasteiger partial charge in [0.25, 0.3) is 5.91 Å². The van der Waals surface area contributed by atoms with E-state index in [1.54, 1.807) is 11.0 Å². The van der Waals surface area contributed by atoms with E-state index >= 15 is 4.39 Å². The standard InChI is InChI=1S/C27H35FN4O4/c28-23-15-31(18-12-20(13-18)36-19-5-8-29-9-6-19)10-7-21(23)16-1-2-22-17(11-16)14-32(27(22)35)24-3-4-25(33)30-26(24)34/h1-2,11,18-21,23-24,29H,3-10,12-15H2,(H,30,33,34)/t18?,20?,21-,23-,24?/m1/s1. The smallest absolute Gasteiger partial charge is 0.255 e. The van der Waals surface area contributed by atoms with E-state index < -0.39 is 18.1 Å². The van der Waals surface area contributed by atoms with Gasteiger partial charge >= 0.3 is 0 Å². The maximum absolute atomic E-state index is 15.4. The molecule has 5 aliphatic rings. The summed E-state index contributed by atoms with van der Waals surface area (Å²) in [7, 11) is 0. The number of nitrogens with zero attached hydrogens (tertiary/aromatic N) is 2. The topological polar surface area (TPSA) is 91.0 Å². The van der Waals surface area contributed by atoms with Crippen molar-refractivity contribution in [1.29, 1.82) is 0 Å². The maximum Gasteiger partial charge on any atom is 0.255 e. The molecule has 0 bridgehead atoms. The molecule has 2 N–H and O–H groups in total. The van der Waals surface area contributed by atoms with Gasteiger partial charge in [0.1, 0.15) is 12.2 Å². The molecule has 1 aliphatic carbocycles. The number of imide groups is 1. The minimum Gasteiger partial charge on any atom is -0.375 e. The Balaban J connectivity index is 1.04. The second kappa shape index (κ2) is 9.84. The Morgan fingerprint density at radius 2 is 1.81 bits per heavy atom. The number of carbonyl (C=O) groups is 3. The molecule has 1 unspecified atom stereocenters. The lowest BCUT2D eigenvalue weighted by Gasteiger charge is -2.47. The molecule has 0 aromatic heterocycles. The van der Waals surface area contributed by atoms with Crippen molar-refractivity contribution in [3.05, 3.63) is 34.9 Å². The lowest BCUT2D eigenvalue weighted by Crippen LogP contribution is -2.54. The SMILES string of the molecule is O=C1CCC(N2Cc3cc([C@H]4CCN(C5CC(OC6CCNCC6)C5)C[C@H]4F)ccc3C2=O)C(=O)N1. The van der Waals surface area contributed by atoms with E-state index in [2.05, 4.69) is 15.5 Å². The zero-order valence-corrected chi connectivity index (χ0v) is 20.6. The number of alkyl halides is 1. The number of amides is 3. The summed E-state index contributed by atoms with van der Waals surface area (Å²) in [6.45, 7) is 3.69. The fourth-order valence-electron chi connectivity index (χ4n) is 6.61. The summed E-state index contributed by atoms with van der Waals surface area (Å²) in [5, 5.41) is 5.70. The number of ether oxygens (including phenoxy) is 1. The van der Waals surface area contributed by atoms with Gasteiger partial charge in [0.05, 0.1) is 12.2 Å². The summed E-state index contributed by atoms with van der Waals surface area (Å²) >= 11 is 0. The van der Waals surface area contributed by atoms with Crippen LogP contribution in [0, 0.1) is 0 Å². The number of hydrogen-bond acceptors (Lipinski definition) is 6. The largest absolute Gasteiger partial charge is 0.375 e. The Morgan fingerprint density at radius 3 is 2.56 bits per heavy atom. The second-order valence-electron chi connectivity index (χ2n) is 11.1. The van der Waals surface area contributed by atoms with Crippen molar-refractivity contribution in [3.63, 3.8) is 0 Å². The number of likely N-dealkylation sites (tertiary alicyclic amines) is 1. The first-order valence-electron chi connectivity index (χ1n) is 13.5. The first-order valence-corrected chi connectivity index (χ1v) is 13.5. The van der Waals surface area contributed by atoms with Gasteiger partial charge in [0.2, 0.25) is 11.8 Å². The van der Waals surface area contributed by atoms with Crippen LogP contribution < -0.4 is 10.6 Å². The van der Waals surface area contributed by atoms with Crippen LogP contribution in [0.15, 0.2) is 18.2 Å². The monoisotopic (exact) mass is 498 g/mol. The molecule has 0 spiro atoms. The summed E-state index contributed by atoms with van der Waals surface area (Å²) in [5.74, 6) is -1.09. The van der Waals surface area contributed by atoms with Crippen molar-refractivity contribution in [1.82, 2.24) is 20.4 Å². The van der Waals surface area contributed by atoms with Crippen LogP contribution in [-0.4, -0.2) is 84.2 Å². The first-order chi connectivity index (χ1) is 17.5. The highest BCUT2D eigenvalue weighted by Gasteiger charge is 2.42. The van der Waals surface area contributed by atoms with Gasteiger partial charge in [0.15, 0.2) is 0 Å². The van der Waals surface area contributed by atoms with Crippen molar-refractivity contribution in [2.24, 2.45) is 0 Å². The molecular weight excluding hydrogens is 463 g/mol. The molecule has 4 fully saturated rings. The molecule has 1 saturated carbocycles. The molecular formula is C27H35FN4O4. The Hall–Kier alpha value is -2.36. The van der Waals surface area contributed by atoms with Gasteiger partial charge in [0, 0.05) is 37.0 Å². The number of halogens is 1. The fraction of sp³-hybridized carbons (Fsp3) is 0.667. The Labute approximate surface area is 210 Å². The number of piperidine rings is 3. The van der Waals surface area contributed by atoms with Crippen LogP contribution in [0.1, 0.15) is 72.3 Å². The quantitative estimate of drug-likeness (QED) is 0.603. The summed E-state index contributed by atoms with van der Waals surface area (Å²) < 4.78 is 21.7. The molecule has 3 atom stereocenters. The summed E-state index contributed by atoms with van der Waals surface area (Å²) in [5.41, 5.74) is 2.35. The average Bonchev–Trinajstić information content (AvgIpc) is 3.17. The summed E-state index contributed by atoms with van der Waals surface area (Å²) in [6, 6.07) is 5.40. The molecule has 4 heterocycles. The van der Waals surface area contributed by atoms with Crippen LogP contribution in [0.2, 0.25) is 0 Å². The number of rotatable bonds is 5. The summed E-state index contributed by atoms with van der Waals surface area (Å²) in [4.78, 5) is 40.6. The van der Waals surface area contributed by atoms with Gasteiger partial charge in [-0.15, -0.1) is 0 Å². The van der Waals surface area contributed by atoms with Gasteiger partial charge in [-0.05, 0) is 75.4 Å². The molecule has 0 radical (unpaired) electrons. The molecule has 36 heavy (non-hydrogen) atoms. The molecule has 1 aromatic carbocycles. The Morgan fingerprint density at radius 1 is 1.00 bits per heavy atom. The zero-order valence-electron chi connectivity index (χ0n) is 20.6. The van der Waals surface area contributed by atoms with E-state index in [-0.39, 0.29) is 24.2 Å². The van der Waals surface area contributed by atoms with Crippen LogP contribution in [0.3, 0.4) is 0 Å². The van der Waals surface area contributed by atoms with E-state index in [1.165, 1.54) is 0 Å². The van der Waals surface area contributed by atoms with Gasteiger partial charge in [-0.3, -0.25) is 24.6 Å². The van der Waals surface area contributed by atoms with Crippen LogP contribution in [0.5, 0.6) is 0 Å². The van der Waals surface area contributed by atoms with Gasteiger partial charge in [-0.1, -0.05) is 12.1 Å². The molecule has 8 nitrogen and oxygen atoms in total. The van der Waals surface area contributed by atoms with Crippen molar-refractivity contribution in [2.75, 3.05) is 26.2 Å². The highest BCUT2D eigenvalue weighted by molar-refractivity contribution is 6.05. The zero-order chi connectivity index (χ0) is 24.8. The number of nitrogens with one attached hydrogen (secondary N) is 2. The number of benzene rings is 1. The minimum absolute atomic E-state index is 0.187. The lowest BCUT2D eigenvalue weighted by molar-refractivity contribution is -0.136. The van der Waals surface area contributed by atoms with Crippen LogP contribution in [0.25, 0.3) is 0 Å². The highest BCUT2D eigenvalue weighted by atomic mass is 19.1. The predicted molar refractivity (Wildman–Crippen MR) is 130 cm³/mol. The van der Waals surface area contributed by atoms with Crippen molar-refractivity contribution in [2.45, 2.75) is 87.9 Å². The van der Waals surface area contributed by atoms with E-state index in [9.17, 15) is 14.4 Å². The van der Waals surface area contributed by atoms with Crippen LogP contribution >= 0.6 is 0 Å². The van der Waals surface area contributed by atoms with Gasteiger partial charge in [-0.2, -0.15) is 0 Å². The van der Waals surface area contributed by atoms with E-state index in [1.807, 2.05) is 12.1 Å². The molecule has 3 saturated heterocycles. The average molecular weight is 499 g/mol. The number of carbonyl (C=O) groups excluding carboxylic acids is 3. The third kappa shape index (κ3) is 4.57. The van der Waals surface area contributed by atoms with Gasteiger partial charge in [-0.25, -0.2) is 4.39 Å². The van der Waals surface area contributed by atoms with Crippen molar-refractivity contribution < 1.29 is 23.5 Å². The molecule has 9 heteroatoms. The lowest BCUT2D eigenvalue weighted by atomic mass is 9.82. The van der Waals surface area contributed by atoms with Gasteiger partial charge < -0.3 is 15.0 Å². The van der Waals surface area contributed by atoms with E-state index in [0.29, 0.717) is 43.3 Å². The maximum atomic E-state index is 15.4. The molecule has 194 valence electrons. The Kier molecular flexibility index (Phi) is 6.56. The number of hydrogen-bond donors (Lipinski definition) is 2. The van der Waals surface area contributed by atoms with E-state index in [0.717, 1.165) is 62.9 Å². The molecule has 6 rings (SSSR count). The Bertz CT molecular complexity index is 1040. The molecule has 4 aliphatic heterocycles.